The molecule has 1 aromatic carbocycles. The van der Waals surface area contributed by atoms with Gasteiger partial charge in [-0.15, -0.1) is 6.58 Å². The van der Waals surface area contributed by atoms with Gasteiger partial charge in [0, 0.05) is 0 Å². The third-order valence-electron chi connectivity index (χ3n) is 4.52. The molecular weight excluding hydrogens is 230 g/mol. The predicted octanol–water partition coefficient (Wildman–Crippen LogP) is 5.04. The van der Waals surface area contributed by atoms with E-state index < -0.39 is 0 Å². The highest BCUT2D eigenvalue weighted by Crippen LogP contribution is 2.40. The number of nitrogens with zero attached hydrogens (tertiary/aromatic N) is 1. The number of rotatable bonds is 4. The van der Waals surface area contributed by atoms with Crippen molar-refractivity contribution < 1.29 is 0 Å². The maximum atomic E-state index is 8.88. The molecule has 0 bridgehead atoms. The first-order chi connectivity index (χ1) is 9.24. The monoisotopic (exact) mass is 253 g/mol. The van der Waals surface area contributed by atoms with Crippen molar-refractivity contribution in [3.63, 3.8) is 0 Å². The highest BCUT2D eigenvalue weighted by molar-refractivity contribution is 5.33. The summed E-state index contributed by atoms with van der Waals surface area (Å²) in [5, 5.41) is 8.88. The summed E-state index contributed by atoms with van der Waals surface area (Å²) in [6.45, 7) is 6.28. The highest BCUT2D eigenvalue weighted by Gasteiger charge is 2.26. The van der Waals surface area contributed by atoms with Crippen LogP contribution >= 0.6 is 0 Å². The van der Waals surface area contributed by atoms with Gasteiger partial charge in [-0.05, 0) is 54.7 Å². The van der Waals surface area contributed by atoms with E-state index in [9.17, 15) is 0 Å². The molecule has 2 rings (SSSR count). The second-order valence-electron chi connectivity index (χ2n) is 5.88. The van der Waals surface area contributed by atoms with Crippen molar-refractivity contribution in [3.8, 4) is 6.07 Å². The van der Waals surface area contributed by atoms with Crippen molar-refractivity contribution >= 4 is 0 Å². The molecule has 1 aromatic rings. The van der Waals surface area contributed by atoms with Gasteiger partial charge in [0.1, 0.15) is 0 Å². The minimum atomic E-state index is 0.581. The van der Waals surface area contributed by atoms with Gasteiger partial charge in [0.15, 0.2) is 0 Å². The van der Waals surface area contributed by atoms with Crippen LogP contribution in [0, 0.1) is 23.2 Å². The molecule has 0 saturated heterocycles. The van der Waals surface area contributed by atoms with Crippen molar-refractivity contribution in [2.75, 3.05) is 0 Å². The van der Waals surface area contributed by atoms with Gasteiger partial charge >= 0.3 is 0 Å². The van der Waals surface area contributed by atoms with E-state index in [0.717, 1.165) is 23.8 Å². The molecule has 1 aliphatic carbocycles. The first-order valence-corrected chi connectivity index (χ1v) is 7.35. The summed E-state index contributed by atoms with van der Waals surface area (Å²) < 4.78 is 0. The van der Waals surface area contributed by atoms with Crippen LogP contribution in [0.15, 0.2) is 36.9 Å². The number of allylic oxidation sites excluding steroid dienone is 1. The van der Waals surface area contributed by atoms with Crippen LogP contribution in [0.5, 0.6) is 0 Å². The Kier molecular flexibility index (Phi) is 4.80. The molecule has 1 heteroatoms. The van der Waals surface area contributed by atoms with Gasteiger partial charge in [0.2, 0.25) is 0 Å². The van der Waals surface area contributed by atoms with Crippen LogP contribution in [0.1, 0.15) is 56.1 Å². The summed E-state index contributed by atoms with van der Waals surface area (Å²) in [4.78, 5) is 0. The van der Waals surface area contributed by atoms with E-state index in [1.807, 2.05) is 18.2 Å². The third-order valence-corrected chi connectivity index (χ3v) is 4.52. The van der Waals surface area contributed by atoms with E-state index in [4.69, 9.17) is 5.26 Å². The van der Waals surface area contributed by atoms with Crippen LogP contribution in [-0.2, 0) is 0 Å². The fourth-order valence-corrected chi connectivity index (χ4v) is 3.27. The minimum absolute atomic E-state index is 0.581. The van der Waals surface area contributed by atoms with E-state index in [1.54, 1.807) is 0 Å². The Hall–Kier alpha value is -1.55. The second-order valence-corrected chi connectivity index (χ2v) is 5.88. The molecule has 0 heterocycles. The molecule has 1 saturated carbocycles. The van der Waals surface area contributed by atoms with Crippen molar-refractivity contribution in [1.29, 1.82) is 5.26 Å². The fraction of sp³-hybridized carbons (Fsp3) is 0.500. The van der Waals surface area contributed by atoms with Gasteiger partial charge in [0.05, 0.1) is 11.6 Å². The van der Waals surface area contributed by atoms with Crippen LogP contribution in [0.25, 0.3) is 0 Å². The molecule has 0 aromatic heterocycles. The van der Waals surface area contributed by atoms with Crippen LogP contribution in [0.2, 0.25) is 0 Å². The van der Waals surface area contributed by atoms with Gasteiger partial charge < -0.3 is 0 Å². The molecule has 1 atom stereocenters. The van der Waals surface area contributed by atoms with Gasteiger partial charge in [-0.1, -0.05) is 38.0 Å². The molecule has 1 unspecified atom stereocenters. The van der Waals surface area contributed by atoms with E-state index in [-0.39, 0.29) is 0 Å². The lowest BCUT2D eigenvalue weighted by molar-refractivity contribution is 0.254. The smallest absolute Gasteiger partial charge is 0.0991 e. The van der Waals surface area contributed by atoms with Gasteiger partial charge in [-0.3, -0.25) is 0 Å². The molecule has 1 fully saturated rings. The second kappa shape index (κ2) is 6.57. The summed E-state index contributed by atoms with van der Waals surface area (Å²) in [7, 11) is 0. The Morgan fingerprint density at radius 3 is 2.42 bits per heavy atom. The van der Waals surface area contributed by atoms with E-state index >= 15 is 0 Å². The highest BCUT2D eigenvalue weighted by atomic mass is 14.3. The number of hydrogen-bond donors (Lipinski definition) is 0. The quantitative estimate of drug-likeness (QED) is 0.689. The van der Waals surface area contributed by atoms with Crippen molar-refractivity contribution in [3.05, 3.63) is 48.0 Å². The Bertz CT molecular complexity index is 444. The third kappa shape index (κ3) is 3.47. The lowest BCUT2D eigenvalue weighted by Crippen LogP contribution is -2.19. The van der Waals surface area contributed by atoms with Crippen molar-refractivity contribution in [1.82, 2.24) is 0 Å². The Morgan fingerprint density at radius 2 is 1.89 bits per heavy atom. The summed E-state index contributed by atoms with van der Waals surface area (Å²) in [5.41, 5.74) is 2.12. The average molecular weight is 253 g/mol. The lowest BCUT2D eigenvalue weighted by atomic mass is 9.73. The summed E-state index contributed by atoms with van der Waals surface area (Å²) in [5.74, 6) is 2.25. The Balaban J connectivity index is 2.14. The molecule has 100 valence electrons. The Morgan fingerprint density at radius 1 is 1.26 bits per heavy atom. The molecule has 19 heavy (non-hydrogen) atoms. The normalized spacial score (nSPS) is 24.4. The molecule has 0 aliphatic heterocycles. The SMILES string of the molecule is C=CCC(c1ccc(C#N)cc1)[C@H]1CC[C@H](C)CC1. The average Bonchev–Trinajstić information content (AvgIpc) is 2.46. The van der Waals surface area contributed by atoms with Crippen molar-refractivity contribution in [2.24, 2.45) is 11.8 Å². The molecular formula is C18H23N. The summed E-state index contributed by atoms with van der Waals surface area (Å²) >= 11 is 0. The van der Waals surface area contributed by atoms with Gasteiger partial charge in [0.25, 0.3) is 0 Å². The minimum Gasteiger partial charge on any atom is -0.192 e. The number of nitriles is 1. The topological polar surface area (TPSA) is 23.8 Å². The van der Waals surface area contributed by atoms with Gasteiger partial charge in [-0.25, -0.2) is 0 Å². The first kappa shape index (κ1) is 13.9. The zero-order valence-electron chi connectivity index (χ0n) is 11.8. The zero-order valence-corrected chi connectivity index (χ0v) is 11.8. The lowest BCUT2D eigenvalue weighted by Gasteiger charge is -2.32. The molecule has 1 nitrogen and oxygen atoms in total. The van der Waals surface area contributed by atoms with E-state index in [1.165, 1.54) is 31.2 Å². The van der Waals surface area contributed by atoms with Crippen LogP contribution in [-0.4, -0.2) is 0 Å². The first-order valence-electron chi connectivity index (χ1n) is 7.35. The molecule has 0 spiro atoms. The molecule has 1 aliphatic rings. The zero-order chi connectivity index (χ0) is 13.7. The molecule has 0 amide bonds. The number of hydrogen-bond acceptors (Lipinski definition) is 1. The van der Waals surface area contributed by atoms with Gasteiger partial charge in [-0.2, -0.15) is 5.26 Å². The standard InChI is InChI=1S/C18H23N/c1-3-4-18(16-9-5-14(2)6-10-16)17-11-7-15(13-19)8-12-17/h3,7-8,11-12,14,16,18H,1,4-6,9-10H2,2H3/t14-,16-,18?. The van der Waals surface area contributed by atoms with Crippen molar-refractivity contribution in [2.45, 2.75) is 44.9 Å². The summed E-state index contributed by atoms with van der Waals surface area (Å²) in [6, 6.07) is 10.3. The van der Waals surface area contributed by atoms with E-state index in [0.29, 0.717) is 5.92 Å². The molecule has 0 radical (unpaired) electrons. The maximum Gasteiger partial charge on any atom is 0.0991 e. The Labute approximate surface area is 117 Å². The summed E-state index contributed by atoms with van der Waals surface area (Å²) in [6.07, 6.45) is 8.47. The fourth-order valence-electron chi connectivity index (χ4n) is 3.27. The van der Waals surface area contributed by atoms with E-state index in [2.05, 4.69) is 31.7 Å². The van der Waals surface area contributed by atoms with Crippen LogP contribution < -0.4 is 0 Å². The number of benzene rings is 1. The van der Waals surface area contributed by atoms with Crippen LogP contribution in [0.3, 0.4) is 0 Å². The largest absolute Gasteiger partial charge is 0.192 e. The predicted molar refractivity (Wildman–Crippen MR) is 79.8 cm³/mol. The maximum absolute atomic E-state index is 8.88. The molecule has 0 N–H and O–H groups in total. The van der Waals surface area contributed by atoms with Crippen LogP contribution in [0.4, 0.5) is 0 Å².